The summed E-state index contributed by atoms with van der Waals surface area (Å²) in [6, 6.07) is 1.57. The fourth-order valence-corrected chi connectivity index (χ4v) is 0.699. The molecule has 0 amide bonds. The number of rotatable bonds is 1. The van der Waals surface area contributed by atoms with Crippen molar-refractivity contribution in [1.82, 2.24) is 4.37 Å². The molecular formula is C3H2N2OS. The largest absolute Gasteiger partial charge is 0.209 e. The number of nitroso groups, excluding NO2 is 1. The molecule has 0 aliphatic rings. The number of nitrogens with zero attached hydrogens (tertiary/aromatic N) is 2. The molecule has 1 aromatic rings. The Bertz CT molecular complexity index is 148. The fourth-order valence-electron chi connectivity index (χ4n) is 0.253. The maximum absolute atomic E-state index is 9.56. The third-order valence-corrected chi connectivity index (χ3v) is 1.07. The predicted molar refractivity (Wildman–Crippen MR) is 27.6 cm³/mol. The second kappa shape index (κ2) is 1.79. The van der Waals surface area contributed by atoms with Gasteiger partial charge in [-0.2, -0.15) is 4.37 Å². The second-order valence-corrected chi connectivity index (χ2v) is 1.61. The molecule has 36 valence electrons. The Balaban J connectivity index is 2.96. The zero-order valence-corrected chi connectivity index (χ0v) is 4.18. The minimum atomic E-state index is 0.269. The Kier molecular flexibility index (Phi) is 1.12. The van der Waals surface area contributed by atoms with Gasteiger partial charge in [0, 0.05) is 5.38 Å². The lowest BCUT2D eigenvalue weighted by molar-refractivity contribution is 1.41. The third kappa shape index (κ3) is 0.806. The molecule has 1 rings (SSSR count). The van der Waals surface area contributed by atoms with Gasteiger partial charge in [0.2, 0.25) is 5.82 Å². The number of hydrogen-bond donors (Lipinski definition) is 0. The molecule has 0 bridgehead atoms. The van der Waals surface area contributed by atoms with E-state index in [9.17, 15) is 4.91 Å². The minimum Gasteiger partial charge on any atom is -0.169 e. The van der Waals surface area contributed by atoms with Crippen molar-refractivity contribution >= 4 is 17.4 Å². The number of aromatic nitrogens is 1. The SMILES string of the molecule is O=Nc1ccsn1. The van der Waals surface area contributed by atoms with Gasteiger partial charge in [-0.05, 0) is 22.8 Å². The van der Waals surface area contributed by atoms with Gasteiger partial charge in [-0.3, -0.25) is 0 Å². The van der Waals surface area contributed by atoms with Crippen molar-refractivity contribution in [2.45, 2.75) is 0 Å². The van der Waals surface area contributed by atoms with Crippen LogP contribution in [-0.2, 0) is 0 Å². The van der Waals surface area contributed by atoms with Crippen molar-refractivity contribution in [3.8, 4) is 0 Å². The summed E-state index contributed by atoms with van der Waals surface area (Å²) in [5.74, 6) is 0.269. The summed E-state index contributed by atoms with van der Waals surface area (Å²) in [6.45, 7) is 0. The first-order valence-electron chi connectivity index (χ1n) is 1.67. The minimum absolute atomic E-state index is 0.269. The summed E-state index contributed by atoms with van der Waals surface area (Å²) in [5, 5.41) is 4.28. The molecule has 0 saturated heterocycles. The summed E-state index contributed by atoms with van der Waals surface area (Å²) >= 11 is 1.22. The molecule has 0 aliphatic heterocycles. The van der Waals surface area contributed by atoms with Gasteiger partial charge in [-0.25, -0.2) is 0 Å². The van der Waals surface area contributed by atoms with Crippen molar-refractivity contribution in [3.63, 3.8) is 0 Å². The Morgan fingerprint density at radius 3 is 3.00 bits per heavy atom. The molecule has 0 spiro atoms. The van der Waals surface area contributed by atoms with Crippen molar-refractivity contribution in [2.75, 3.05) is 0 Å². The highest BCUT2D eigenvalue weighted by Crippen LogP contribution is 2.07. The van der Waals surface area contributed by atoms with Crippen molar-refractivity contribution in [3.05, 3.63) is 16.4 Å². The van der Waals surface area contributed by atoms with Crippen molar-refractivity contribution < 1.29 is 0 Å². The smallest absolute Gasteiger partial charge is 0.169 e. The highest BCUT2D eigenvalue weighted by molar-refractivity contribution is 7.03. The zero-order chi connectivity index (χ0) is 5.11. The molecule has 7 heavy (non-hydrogen) atoms. The van der Waals surface area contributed by atoms with E-state index in [1.165, 1.54) is 11.5 Å². The van der Waals surface area contributed by atoms with Gasteiger partial charge in [-0.1, -0.05) is 0 Å². The van der Waals surface area contributed by atoms with E-state index in [1.807, 2.05) is 0 Å². The molecule has 0 unspecified atom stereocenters. The lowest BCUT2D eigenvalue weighted by Crippen LogP contribution is -1.49. The van der Waals surface area contributed by atoms with E-state index >= 15 is 0 Å². The van der Waals surface area contributed by atoms with Gasteiger partial charge < -0.3 is 0 Å². The first-order valence-corrected chi connectivity index (χ1v) is 2.51. The van der Waals surface area contributed by atoms with Gasteiger partial charge in [0.25, 0.3) is 0 Å². The van der Waals surface area contributed by atoms with Crippen LogP contribution in [0.4, 0.5) is 5.82 Å². The molecule has 0 N–H and O–H groups in total. The molecule has 1 aromatic heterocycles. The molecule has 0 saturated carbocycles. The van der Waals surface area contributed by atoms with E-state index in [4.69, 9.17) is 0 Å². The lowest BCUT2D eigenvalue weighted by atomic mass is 10.7. The van der Waals surface area contributed by atoms with Gasteiger partial charge in [0.15, 0.2) is 0 Å². The quantitative estimate of drug-likeness (QED) is 0.519. The summed E-state index contributed by atoms with van der Waals surface area (Å²) < 4.78 is 3.60. The Morgan fingerprint density at radius 2 is 2.71 bits per heavy atom. The van der Waals surface area contributed by atoms with E-state index in [0.717, 1.165) is 0 Å². The molecule has 0 atom stereocenters. The van der Waals surface area contributed by atoms with Crippen LogP contribution in [0.3, 0.4) is 0 Å². The predicted octanol–water partition coefficient (Wildman–Crippen LogP) is 1.54. The van der Waals surface area contributed by atoms with Crippen molar-refractivity contribution in [2.24, 2.45) is 5.18 Å². The Hall–Kier alpha value is -0.770. The average molecular weight is 114 g/mol. The monoisotopic (exact) mass is 114 g/mol. The van der Waals surface area contributed by atoms with Crippen LogP contribution in [0.15, 0.2) is 16.6 Å². The second-order valence-electron chi connectivity index (χ2n) is 0.949. The fraction of sp³-hybridized carbons (Fsp3) is 0. The van der Waals surface area contributed by atoms with Crippen LogP contribution in [0.1, 0.15) is 0 Å². The van der Waals surface area contributed by atoms with Crippen LogP contribution in [-0.4, -0.2) is 4.37 Å². The van der Waals surface area contributed by atoms with Gasteiger partial charge in [0.1, 0.15) is 0 Å². The average Bonchev–Trinajstić information content (AvgIpc) is 2.14. The molecule has 3 nitrogen and oxygen atoms in total. The van der Waals surface area contributed by atoms with Crippen LogP contribution in [0.2, 0.25) is 0 Å². The summed E-state index contributed by atoms with van der Waals surface area (Å²) in [4.78, 5) is 9.56. The maximum atomic E-state index is 9.56. The maximum Gasteiger partial charge on any atom is 0.209 e. The first-order chi connectivity index (χ1) is 3.43. The first kappa shape index (κ1) is 4.39. The zero-order valence-electron chi connectivity index (χ0n) is 3.37. The normalized spacial score (nSPS) is 8.57. The van der Waals surface area contributed by atoms with E-state index in [1.54, 1.807) is 11.4 Å². The highest BCUT2D eigenvalue weighted by Gasteiger charge is 1.86. The summed E-state index contributed by atoms with van der Waals surface area (Å²) in [5.41, 5.74) is 0. The molecule has 0 fully saturated rings. The highest BCUT2D eigenvalue weighted by atomic mass is 32.1. The van der Waals surface area contributed by atoms with Crippen LogP contribution < -0.4 is 0 Å². The van der Waals surface area contributed by atoms with Gasteiger partial charge in [0.05, 0.1) is 0 Å². The Labute approximate surface area is 44.1 Å². The lowest BCUT2D eigenvalue weighted by Gasteiger charge is -1.63. The molecule has 1 heterocycles. The van der Waals surface area contributed by atoms with E-state index < -0.39 is 0 Å². The summed E-state index contributed by atoms with van der Waals surface area (Å²) in [6.07, 6.45) is 0. The van der Waals surface area contributed by atoms with Crippen LogP contribution in [0, 0.1) is 4.91 Å². The van der Waals surface area contributed by atoms with E-state index in [2.05, 4.69) is 9.55 Å². The Morgan fingerprint density at radius 1 is 1.86 bits per heavy atom. The van der Waals surface area contributed by atoms with E-state index in [0.29, 0.717) is 0 Å². The van der Waals surface area contributed by atoms with Crippen molar-refractivity contribution in [1.29, 1.82) is 0 Å². The van der Waals surface area contributed by atoms with Gasteiger partial charge >= 0.3 is 0 Å². The third-order valence-electron chi connectivity index (χ3n) is 0.518. The van der Waals surface area contributed by atoms with Gasteiger partial charge in [-0.15, -0.1) is 4.91 Å². The molecule has 0 aromatic carbocycles. The molecule has 0 radical (unpaired) electrons. The topological polar surface area (TPSA) is 42.3 Å². The molecular weight excluding hydrogens is 112 g/mol. The van der Waals surface area contributed by atoms with E-state index in [-0.39, 0.29) is 5.82 Å². The van der Waals surface area contributed by atoms with Crippen LogP contribution in [0.25, 0.3) is 0 Å². The standard InChI is InChI=1S/C3H2N2OS/c6-4-3-1-2-7-5-3/h1-2H. The van der Waals surface area contributed by atoms with Crippen LogP contribution >= 0.6 is 11.5 Å². The molecule has 0 aliphatic carbocycles. The number of hydrogen-bond acceptors (Lipinski definition) is 4. The van der Waals surface area contributed by atoms with Crippen LogP contribution in [0.5, 0.6) is 0 Å². The molecule has 4 heteroatoms. The summed E-state index contributed by atoms with van der Waals surface area (Å²) in [7, 11) is 0.